The maximum absolute atomic E-state index is 12.1. The van der Waals surface area contributed by atoms with E-state index in [9.17, 15) is 4.79 Å². The van der Waals surface area contributed by atoms with Gasteiger partial charge in [0.05, 0.1) is 12.8 Å². The molecule has 1 amide bonds. The number of benzene rings is 1. The van der Waals surface area contributed by atoms with Gasteiger partial charge >= 0.3 is 0 Å². The fraction of sp³-hybridized carbons (Fsp3) is 0.375. The highest BCUT2D eigenvalue weighted by Crippen LogP contribution is 2.26. The van der Waals surface area contributed by atoms with Crippen LogP contribution in [-0.2, 0) is 19.6 Å². The first-order chi connectivity index (χ1) is 10.6. The van der Waals surface area contributed by atoms with Gasteiger partial charge in [-0.2, -0.15) is 5.10 Å². The molecule has 0 spiro atoms. The first-order valence-electron chi connectivity index (χ1n) is 7.21. The molecule has 0 unspecified atom stereocenters. The second-order valence-electron chi connectivity index (χ2n) is 5.72. The van der Waals surface area contributed by atoms with Crippen molar-refractivity contribution in [3.8, 4) is 5.75 Å². The molecule has 0 aliphatic carbocycles. The Morgan fingerprint density at radius 1 is 1.32 bits per heavy atom. The molecule has 3 rings (SSSR count). The van der Waals surface area contributed by atoms with Crippen LogP contribution in [0.3, 0.4) is 0 Å². The summed E-state index contributed by atoms with van der Waals surface area (Å²) in [5, 5.41) is 7.16. The van der Waals surface area contributed by atoms with Gasteiger partial charge in [0.2, 0.25) is 0 Å². The second-order valence-corrected chi connectivity index (χ2v) is 5.72. The number of H-pyrrole nitrogens is 1. The molecular formula is C16H20N4O2. The van der Waals surface area contributed by atoms with Crippen molar-refractivity contribution >= 4 is 5.91 Å². The number of carbonyl (C=O) groups is 1. The molecule has 22 heavy (non-hydrogen) atoms. The van der Waals surface area contributed by atoms with Gasteiger partial charge in [-0.15, -0.1) is 0 Å². The number of hydrogen-bond donors (Lipinski definition) is 1. The second kappa shape index (κ2) is 5.81. The van der Waals surface area contributed by atoms with Crippen molar-refractivity contribution in [1.29, 1.82) is 0 Å². The van der Waals surface area contributed by atoms with E-state index in [4.69, 9.17) is 4.74 Å². The standard InChI is InChI=1S/C16H20N4O2/c1-19(2)16(21)15-13-9-20(10-14(13)17-18-15)8-11-4-6-12(22-3)7-5-11/h4-7H,8-10H2,1-3H3,(H,17,18). The summed E-state index contributed by atoms with van der Waals surface area (Å²) in [6.07, 6.45) is 0. The molecule has 6 heteroatoms. The molecule has 1 aliphatic heterocycles. The Bertz CT molecular complexity index is 676. The van der Waals surface area contributed by atoms with Crippen LogP contribution in [0.1, 0.15) is 27.3 Å². The minimum absolute atomic E-state index is 0.0520. The SMILES string of the molecule is COc1ccc(CN2Cc3[nH]nc(C(=O)N(C)C)c3C2)cc1. The molecule has 1 aromatic carbocycles. The van der Waals surface area contributed by atoms with E-state index in [0.29, 0.717) is 5.69 Å². The first-order valence-corrected chi connectivity index (χ1v) is 7.21. The van der Waals surface area contributed by atoms with Crippen molar-refractivity contribution in [1.82, 2.24) is 20.0 Å². The fourth-order valence-corrected chi connectivity index (χ4v) is 2.70. The molecule has 0 radical (unpaired) electrons. The normalized spacial score (nSPS) is 14.0. The van der Waals surface area contributed by atoms with Crippen LogP contribution < -0.4 is 4.74 Å². The van der Waals surface area contributed by atoms with Crippen LogP contribution in [0.15, 0.2) is 24.3 Å². The predicted molar refractivity (Wildman–Crippen MR) is 82.6 cm³/mol. The molecular weight excluding hydrogens is 280 g/mol. The van der Waals surface area contributed by atoms with E-state index in [1.807, 2.05) is 12.1 Å². The van der Waals surface area contributed by atoms with E-state index >= 15 is 0 Å². The Labute approximate surface area is 129 Å². The van der Waals surface area contributed by atoms with Gasteiger partial charge in [0.25, 0.3) is 5.91 Å². The number of amides is 1. The number of ether oxygens (including phenoxy) is 1. The highest BCUT2D eigenvalue weighted by Gasteiger charge is 2.28. The maximum Gasteiger partial charge on any atom is 0.274 e. The minimum atomic E-state index is -0.0520. The summed E-state index contributed by atoms with van der Waals surface area (Å²) in [6.45, 7) is 2.37. The smallest absolute Gasteiger partial charge is 0.274 e. The molecule has 2 aromatic rings. The number of methoxy groups -OCH3 is 1. The van der Waals surface area contributed by atoms with E-state index < -0.39 is 0 Å². The molecule has 1 N–H and O–H groups in total. The lowest BCUT2D eigenvalue weighted by Crippen LogP contribution is -2.24. The molecule has 0 saturated heterocycles. The highest BCUT2D eigenvalue weighted by molar-refractivity contribution is 5.93. The van der Waals surface area contributed by atoms with Gasteiger partial charge in [-0.05, 0) is 17.7 Å². The molecule has 0 atom stereocenters. The van der Waals surface area contributed by atoms with Crippen molar-refractivity contribution in [3.63, 3.8) is 0 Å². The van der Waals surface area contributed by atoms with E-state index in [2.05, 4.69) is 27.2 Å². The van der Waals surface area contributed by atoms with Crippen LogP contribution in [0.2, 0.25) is 0 Å². The molecule has 0 bridgehead atoms. The Morgan fingerprint density at radius 3 is 2.68 bits per heavy atom. The quantitative estimate of drug-likeness (QED) is 0.932. The van der Waals surface area contributed by atoms with E-state index in [-0.39, 0.29) is 5.91 Å². The van der Waals surface area contributed by atoms with Gasteiger partial charge in [-0.3, -0.25) is 14.8 Å². The lowest BCUT2D eigenvalue weighted by atomic mass is 10.2. The van der Waals surface area contributed by atoms with Crippen molar-refractivity contribution in [3.05, 3.63) is 46.8 Å². The first kappa shape index (κ1) is 14.6. The number of fused-ring (bicyclic) bond motifs is 1. The third-order valence-corrected chi connectivity index (χ3v) is 3.89. The van der Waals surface area contributed by atoms with Crippen molar-refractivity contribution < 1.29 is 9.53 Å². The maximum atomic E-state index is 12.1. The van der Waals surface area contributed by atoms with Crippen LogP contribution in [0.25, 0.3) is 0 Å². The molecule has 0 fully saturated rings. The van der Waals surface area contributed by atoms with Gasteiger partial charge in [0.15, 0.2) is 5.69 Å². The summed E-state index contributed by atoms with van der Waals surface area (Å²) in [6, 6.07) is 8.06. The lowest BCUT2D eigenvalue weighted by molar-refractivity contribution is 0.0820. The summed E-state index contributed by atoms with van der Waals surface area (Å²) < 4.78 is 5.17. The average Bonchev–Trinajstić information content (AvgIpc) is 3.07. The molecule has 6 nitrogen and oxygen atoms in total. The van der Waals surface area contributed by atoms with Gasteiger partial charge in [-0.25, -0.2) is 0 Å². The van der Waals surface area contributed by atoms with Crippen LogP contribution >= 0.6 is 0 Å². The zero-order valence-corrected chi connectivity index (χ0v) is 13.1. The van der Waals surface area contributed by atoms with Gasteiger partial charge < -0.3 is 9.64 Å². The number of nitrogens with zero attached hydrogens (tertiary/aromatic N) is 3. The zero-order valence-electron chi connectivity index (χ0n) is 13.1. The number of carbonyl (C=O) groups excluding carboxylic acids is 1. The summed E-state index contributed by atoms with van der Waals surface area (Å²) >= 11 is 0. The van der Waals surface area contributed by atoms with Gasteiger partial charge in [-0.1, -0.05) is 12.1 Å². The summed E-state index contributed by atoms with van der Waals surface area (Å²) in [5.74, 6) is 0.808. The molecule has 116 valence electrons. The van der Waals surface area contributed by atoms with Crippen molar-refractivity contribution in [2.24, 2.45) is 0 Å². The number of rotatable bonds is 4. The van der Waals surface area contributed by atoms with Crippen molar-refractivity contribution in [2.75, 3.05) is 21.2 Å². The Kier molecular flexibility index (Phi) is 3.85. The number of aromatic nitrogens is 2. The summed E-state index contributed by atoms with van der Waals surface area (Å²) in [4.78, 5) is 16.0. The Morgan fingerprint density at radius 2 is 2.05 bits per heavy atom. The summed E-state index contributed by atoms with van der Waals surface area (Å²) in [5.41, 5.74) is 3.82. The number of nitrogens with one attached hydrogen (secondary N) is 1. The van der Waals surface area contributed by atoms with Crippen molar-refractivity contribution in [2.45, 2.75) is 19.6 Å². The third kappa shape index (κ3) is 2.69. The van der Waals surface area contributed by atoms with Gasteiger partial charge in [0, 0.05) is 39.3 Å². The summed E-state index contributed by atoms with van der Waals surface area (Å²) in [7, 11) is 5.15. The Balaban J connectivity index is 1.70. The predicted octanol–water partition coefficient (Wildman–Crippen LogP) is 1.64. The third-order valence-electron chi connectivity index (χ3n) is 3.89. The van der Waals surface area contributed by atoms with Crippen LogP contribution in [0, 0.1) is 0 Å². The van der Waals surface area contributed by atoms with Gasteiger partial charge in [0.1, 0.15) is 5.75 Å². The van der Waals surface area contributed by atoms with Crippen LogP contribution in [0.5, 0.6) is 5.75 Å². The van der Waals surface area contributed by atoms with E-state index in [1.54, 1.807) is 26.1 Å². The monoisotopic (exact) mass is 300 g/mol. The minimum Gasteiger partial charge on any atom is -0.497 e. The highest BCUT2D eigenvalue weighted by atomic mass is 16.5. The van der Waals surface area contributed by atoms with Crippen LogP contribution in [0.4, 0.5) is 0 Å². The topological polar surface area (TPSA) is 61.5 Å². The largest absolute Gasteiger partial charge is 0.497 e. The van der Waals surface area contributed by atoms with E-state index in [0.717, 1.165) is 36.6 Å². The zero-order chi connectivity index (χ0) is 15.7. The molecule has 2 heterocycles. The Hall–Kier alpha value is -2.34. The molecule has 1 aromatic heterocycles. The average molecular weight is 300 g/mol. The molecule has 0 saturated carbocycles. The number of aromatic amines is 1. The molecule has 1 aliphatic rings. The fourth-order valence-electron chi connectivity index (χ4n) is 2.70. The number of hydrogen-bond acceptors (Lipinski definition) is 4. The van der Waals surface area contributed by atoms with E-state index in [1.165, 1.54) is 5.56 Å². The lowest BCUT2D eigenvalue weighted by Gasteiger charge is -2.16. The van der Waals surface area contributed by atoms with Crippen LogP contribution in [-0.4, -0.2) is 47.1 Å².